The third kappa shape index (κ3) is 5.36. The van der Waals surface area contributed by atoms with Crippen LogP contribution in [0.2, 0.25) is 0 Å². The Hall–Kier alpha value is -3.13. The topological polar surface area (TPSA) is 86.8 Å². The van der Waals surface area contributed by atoms with Crippen LogP contribution >= 0.6 is 0 Å². The van der Waals surface area contributed by atoms with Crippen LogP contribution in [0, 0.1) is 12.8 Å². The minimum atomic E-state index is -0.0376. The molecule has 4 aliphatic rings. The Kier molecular flexibility index (Phi) is 7.47. The quantitative estimate of drug-likeness (QED) is 0.591. The summed E-state index contributed by atoms with van der Waals surface area (Å²) in [5.74, 6) is 2.31. The number of likely N-dealkylation sites (tertiary alicyclic amines) is 1. The van der Waals surface area contributed by atoms with Gasteiger partial charge in [0.25, 0.3) is 11.8 Å². The molecular weight excluding hydrogens is 490 g/mol. The second-order valence-corrected chi connectivity index (χ2v) is 11.7. The molecule has 6 rings (SSSR count). The normalized spacial score (nSPS) is 26.5. The number of aromatic nitrogens is 1. The number of ether oxygens (including phenoxy) is 1. The third-order valence-electron chi connectivity index (χ3n) is 9.36. The maximum absolute atomic E-state index is 13.2. The van der Waals surface area contributed by atoms with E-state index in [-0.39, 0.29) is 23.9 Å². The average molecular weight is 532 g/mol. The molecule has 1 aromatic heterocycles. The molecule has 3 fully saturated rings. The number of carbonyl (C=O) groups is 2. The highest BCUT2D eigenvalue weighted by Gasteiger charge is 2.40. The lowest BCUT2D eigenvalue weighted by molar-refractivity contribution is 0.0902. The summed E-state index contributed by atoms with van der Waals surface area (Å²) in [5.41, 5.74) is 3.47. The first kappa shape index (κ1) is 26.1. The van der Waals surface area contributed by atoms with Gasteiger partial charge in [-0.05, 0) is 88.2 Å². The van der Waals surface area contributed by atoms with E-state index in [9.17, 15) is 9.59 Å². The number of amides is 2. The summed E-state index contributed by atoms with van der Waals surface area (Å²) in [6, 6.07) is 8.66. The van der Waals surface area contributed by atoms with Crippen molar-refractivity contribution in [3.8, 4) is 5.75 Å². The minimum absolute atomic E-state index is 0.00589. The van der Waals surface area contributed by atoms with E-state index in [1.54, 1.807) is 6.20 Å². The molecule has 0 radical (unpaired) electrons. The highest BCUT2D eigenvalue weighted by molar-refractivity contribution is 5.96. The fourth-order valence-electron chi connectivity index (χ4n) is 6.93. The smallest absolute Gasteiger partial charge is 0.253 e. The van der Waals surface area contributed by atoms with Crippen molar-refractivity contribution in [3.05, 3.63) is 52.7 Å². The Labute approximate surface area is 231 Å². The molecule has 4 heterocycles. The molecule has 8 heteroatoms. The van der Waals surface area contributed by atoms with Crippen molar-refractivity contribution in [2.75, 3.05) is 37.7 Å². The number of nitrogens with zero attached hydrogens (tertiary/aromatic N) is 3. The van der Waals surface area contributed by atoms with Crippen LogP contribution in [0.4, 0.5) is 5.82 Å². The van der Waals surface area contributed by atoms with E-state index >= 15 is 0 Å². The molecule has 1 saturated carbocycles. The van der Waals surface area contributed by atoms with E-state index in [2.05, 4.69) is 27.4 Å². The predicted octanol–water partition coefficient (Wildman–Crippen LogP) is 3.72. The Morgan fingerprint density at radius 2 is 1.90 bits per heavy atom. The van der Waals surface area contributed by atoms with Gasteiger partial charge in [-0.25, -0.2) is 4.98 Å². The summed E-state index contributed by atoms with van der Waals surface area (Å²) in [6.45, 7) is 8.75. The van der Waals surface area contributed by atoms with Gasteiger partial charge in [-0.1, -0.05) is 13.0 Å². The number of piperidine rings is 1. The second kappa shape index (κ2) is 11.2. The second-order valence-electron chi connectivity index (χ2n) is 11.7. The first-order valence-electron chi connectivity index (χ1n) is 14.8. The van der Waals surface area contributed by atoms with Crippen molar-refractivity contribution in [2.45, 2.75) is 76.9 Å². The van der Waals surface area contributed by atoms with E-state index in [1.807, 2.05) is 31.2 Å². The lowest BCUT2D eigenvalue weighted by atomic mass is 9.76. The standard InChI is InChI=1S/C31H41N5O3/c1-3-35-14-4-5-25(19-35)34-30(37)23-8-11-28(32-18-23)36-15-12-24(17-22-7-10-27(22)36)33-31(38)26-9-6-21-13-16-39-29(21)20(26)2/h6,8-9,11,18,22,24-25,27H,3-5,7,10,12-17,19H2,1-2H3,(H,33,38)(H,34,37)/t22?,24?,25-,27?/m0/s1. The van der Waals surface area contributed by atoms with Crippen molar-refractivity contribution in [1.82, 2.24) is 20.5 Å². The van der Waals surface area contributed by atoms with Crippen LogP contribution in [-0.2, 0) is 6.42 Å². The number of nitrogens with one attached hydrogen (secondary N) is 2. The number of carbonyl (C=O) groups excluding carboxylic acids is 2. The van der Waals surface area contributed by atoms with Gasteiger partial charge in [0.2, 0.25) is 0 Å². The van der Waals surface area contributed by atoms with Crippen LogP contribution in [0.5, 0.6) is 5.75 Å². The van der Waals surface area contributed by atoms with Crippen LogP contribution in [-0.4, -0.2) is 72.6 Å². The van der Waals surface area contributed by atoms with Gasteiger partial charge in [-0.2, -0.15) is 0 Å². The van der Waals surface area contributed by atoms with E-state index in [0.717, 1.165) is 81.8 Å². The average Bonchev–Trinajstić information content (AvgIpc) is 3.39. The number of hydrogen-bond acceptors (Lipinski definition) is 6. The zero-order valence-electron chi connectivity index (χ0n) is 23.2. The van der Waals surface area contributed by atoms with Gasteiger partial charge in [-0.3, -0.25) is 9.59 Å². The number of hydrogen-bond donors (Lipinski definition) is 2. The summed E-state index contributed by atoms with van der Waals surface area (Å²) in [4.78, 5) is 35.7. The summed E-state index contributed by atoms with van der Waals surface area (Å²) >= 11 is 0. The van der Waals surface area contributed by atoms with Crippen molar-refractivity contribution < 1.29 is 14.3 Å². The summed E-state index contributed by atoms with van der Waals surface area (Å²) in [7, 11) is 0. The molecule has 2 saturated heterocycles. The summed E-state index contributed by atoms with van der Waals surface area (Å²) in [6.07, 6.45) is 8.97. The number of likely N-dealkylation sites (N-methyl/N-ethyl adjacent to an activating group) is 1. The van der Waals surface area contributed by atoms with Crippen LogP contribution in [0.15, 0.2) is 30.5 Å². The van der Waals surface area contributed by atoms with Crippen molar-refractivity contribution in [2.24, 2.45) is 5.92 Å². The molecule has 39 heavy (non-hydrogen) atoms. The Balaban J connectivity index is 1.08. The lowest BCUT2D eigenvalue weighted by Gasteiger charge is -2.43. The maximum Gasteiger partial charge on any atom is 0.253 e. The number of rotatable bonds is 6. The largest absolute Gasteiger partial charge is 0.493 e. The zero-order chi connectivity index (χ0) is 26.9. The monoisotopic (exact) mass is 531 g/mol. The first-order chi connectivity index (χ1) is 19.0. The molecule has 4 atom stereocenters. The highest BCUT2D eigenvalue weighted by atomic mass is 16.5. The minimum Gasteiger partial charge on any atom is -0.493 e. The first-order valence-corrected chi connectivity index (χ1v) is 14.8. The van der Waals surface area contributed by atoms with Crippen molar-refractivity contribution >= 4 is 17.6 Å². The molecule has 0 bridgehead atoms. The molecule has 2 amide bonds. The SMILES string of the molecule is CCN1CCC[C@H](NC(=O)c2ccc(N3CCC(NC(=O)c4ccc5c(c4C)OCC5)CC4CCC43)nc2)C1. The van der Waals surface area contributed by atoms with Crippen LogP contribution in [0.1, 0.15) is 77.3 Å². The third-order valence-corrected chi connectivity index (χ3v) is 9.36. The zero-order valence-corrected chi connectivity index (χ0v) is 23.2. The molecule has 0 spiro atoms. The Morgan fingerprint density at radius 3 is 2.67 bits per heavy atom. The molecule has 2 N–H and O–H groups in total. The Bertz CT molecular complexity index is 1220. The molecule has 2 aromatic rings. The molecule has 8 nitrogen and oxygen atoms in total. The Morgan fingerprint density at radius 1 is 1.03 bits per heavy atom. The molecule has 1 aliphatic carbocycles. The van der Waals surface area contributed by atoms with Gasteiger partial charge < -0.3 is 25.2 Å². The van der Waals surface area contributed by atoms with Crippen LogP contribution in [0.25, 0.3) is 0 Å². The van der Waals surface area contributed by atoms with Gasteiger partial charge in [0.15, 0.2) is 0 Å². The molecule has 1 aromatic carbocycles. The van der Waals surface area contributed by atoms with Crippen LogP contribution in [0.3, 0.4) is 0 Å². The fraction of sp³-hybridized carbons (Fsp3) is 0.581. The number of pyridine rings is 1. The van der Waals surface area contributed by atoms with Gasteiger partial charge >= 0.3 is 0 Å². The van der Waals surface area contributed by atoms with Gasteiger partial charge in [0.05, 0.1) is 12.2 Å². The van der Waals surface area contributed by atoms with Gasteiger partial charge in [-0.15, -0.1) is 0 Å². The van der Waals surface area contributed by atoms with Crippen LogP contribution < -0.4 is 20.3 Å². The van der Waals surface area contributed by atoms with Crippen molar-refractivity contribution in [3.63, 3.8) is 0 Å². The number of fused-ring (bicyclic) bond motifs is 2. The highest BCUT2D eigenvalue weighted by Crippen LogP contribution is 2.40. The van der Waals surface area contributed by atoms with Gasteiger partial charge in [0.1, 0.15) is 11.6 Å². The predicted molar refractivity (Wildman–Crippen MR) is 152 cm³/mol. The number of benzene rings is 1. The van der Waals surface area contributed by atoms with E-state index in [0.29, 0.717) is 29.7 Å². The maximum atomic E-state index is 13.2. The summed E-state index contributed by atoms with van der Waals surface area (Å²) < 4.78 is 5.78. The molecule has 208 valence electrons. The number of anilines is 1. The summed E-state index contributed by atoms with van der Waals surface area (Å²) in [5, 5.41) is 6.54. The van der Waals surface area contributed by atoms with E-state index in [4.69, 9.17) is 9.72 Å². The van der Waals surface area contributed by atoms with E-state index < -0.39 is 0 Å². The fourth-order valence-corrected chi connectivity index (χ4v) is 6.93. The molecule has 3 unspecified atom stereocenters. The molecule has 3 aliphatic heterocycles. The molecular formula is C31H41N5O3. The van der Waals surface area contributed by atoms with Gasteiger partial charge in [0, 0.05) is 55.0 Å². The van der Waals surface area contributed by atoms with Crippen molar-refractivity contribution in [1.29, 1.82) is 0 Å². The van der Waals surface area contributed by atoms with E-state index in [1.165, 1.54) is 12.0 Å². The lowest BCUT2D eigenvalue weighted by Crippen LogP contribution is -2.47.